The Balaban J connectivity index is 2.68. The van der Waals surface area contributed by atoms with Crippen LogP contribution < -0.4 is 5.32 Å². The van der Waals surface area contributed by atoms with E-state index in [0.717, 1.165) is 35.0 Å². The summed E-state index contributed by atoms with van der Waals surface area (Å²) in [6.07, 6.45) is 0. The zero-order valence-electron chi connectivity index (χ0n) is 8.92. The molecule has 0 fully saturated rings. The van der Waals surface area contributed by atoms with Gasteiger partial charge in [-0.15, -0.1) is 0 Å². The maximum atomic E-state index is 6.17. The van der Waals surface area contributed by atoms with Gasteiger partial charge in [-0.05, 0) is 26.1 Å². The first-order valence-electron chi connectivity index (χ1n) is 5.06. The van der Waals surface area contributed by atoms with Gasteiger partial charge in [0.25, 0.3) is 0 Å². The van der Waals surface area contributed by atoms with Gasteiger partial charge in [-0.25, -0.2) is 4.98 Å². The minimum Gasteiger partial charge on any atom is -0.326 e. The number of halogens is 1. The van der Waals surface area contributed by atoms with Crippen LogP contribution in [0.4, 0.5) is 0 Å². The Morgan fingerprint density at radius 3 is 2.93 bits per heavy atom. The van der Waals surface area contributed by atoms with E-state index < -0.39 is 0 Å². The van der Waals surface area contributed by atoms with Gasteiger partial charge >= 0.3 is 0 Å². The topological polar surface area (TPSA) is 29.9 Å². The number of aryl methyl sites for hydroxylation is 1. The first kappa shape index (κ1) is 10.5. The molecule has 0 amide bonds. The highest BCUT2D eigenvalue weighted by atomic mass is 35.5. The molecule has 1 aromatic carbocycles. The Hall–Kier alpha value is -1.06. The second-order valence-corrected chi connectivity index (χ2v) is 3.82. The van der Waals surface area contributed by atoms with Crippen molar-refractivity contribution in [2.45, 2.75) is 20.0 Å². The van der Waals surface area contributed by atoms with Crippen molar-refractivity contribution < 1.29 is 0 Å². The van der Waals surface area contributed by atoms with E-state index in [1.807, 2.05) is 25.2 Å². The van der Waals surface area contributed by atoms with E-state index in [1.54, 1.807) is 0 Å². The Kier molecular flexibility index (Phi) is 2.93. The summed E-state index contributed by atoms with van der Waals surface area (Å²) in [6, 6.07) is 5.83. The fourth-order valence-electron chi connectivity index (χ4n) is 1.82. The number of imidazole rings is 1. The van der Waals surface area contributed by atoms with E-state index in [2.05, 4.69) is 21.8 Å². The van der Waals surface area contributed by atoms with Crippen LogP contribution in [0.3, 0.4) is 0 Å². The van der Waals surface area contributed by atoms with Gasteiger partial charge in [0.05, 0.1) is 22.6 Å². The lowest BCUT2D eigenvalue weighted by atomic mass is 10.3. The lowest BCUT2D eigenvalue weighted by Crippen LogP contribution is -2.11. The molecule has 2 aromatic rings. The standard InChI is InChI=1S/C11H14ClN3/c1-3-15-10(7-13-2)14-9-6-4-5-8(12)11(9)15/h4-6,13H,3,7H2,1-2H3. The smallest absolute Gasteiger partial charge is 0.123 e. The Labute approximate surface area is 94.1 Å². The van der Waals surface area contributed by atoms with Crippen molar-refractivity contribution in [2.75, 3.05) is 7.05 Å². The van der Waals surface area contributed by atoms with Gasteiger partial charge in [-0.2, -0.15) is 0 Å². The number of hydrogen-bond acceptors (Lipinski definition) is 2. The molecule has 80 valence electrons. The minimum atomic E-state index is 0.763. The fourth-order valence-corrected chi connectivity index (χ4v) is 2.10. The van der Waals surface area contributed by atoms with Crippen LogP contribution in [0.15, 0.2) is 18.2 Å². The first-order valence-corrected chi connectivity index (χ1v) is 5.44. The molecule has 0 aliphatic rings. The molecule has 0 saturated carbocycles. The summed E-state index contributed by atoms with van der Waals surface area (Å²) in [5, 5.41) is 3.88. The van der Waals surface area contributed by atoms with Gasteiger partial charge in [0.2, 0.25) is 0 Å². The first-order chi connectivity index (χ1) is 7.27. The molecule has 3 nitrogen and oxygen atoms in total. The highest BCUT2D eigenvalue weighted by molar-refractivity contribution is 6.35. The molecule has 15 heavy (non-hydrogen) atoms. The summed E-state index contributed by atoms with van der Waals surface area (Å²) >= 11 is 6.17. The number of rotatable bonds is 3. The van der Waals surface area contributed by atoms with Crippen LogP contribution in [0, 0.1) is 0 Å². The molecule has 0 saturated heterocycles. The number of para-hydroxylation sites is 1. The third-order valence-electron chi connectivity index (χ3n) is 2.45. The molecule has 0 radical (unpaired) electrons. The number of fused-ring (bicyclic) bond motifs is 1. The Morgan fingerprint density at radius 1 is 1.47 bits per heavy atom. The number of nitrogens with zero attached hydrogens (tertiary/aromatic N) is 2. The second kappa shape index (κ2) is 4.21. The zero-order chi connectivity index (χ0) is 10.8. The second-order valence-electron chi connectivity index (χ2n) is 3.41. The van der Waals surface area contributed by atoms with E-state index in [9.17, 15) is 0 Å². The van der Waals surface area contributed by atoms with Crippen LogP contribution in [0.25, 0.3) is 11.0 Å². The van der Waals surface area contributed by atoms with Crippen LogP contribution >= 0.6 is 11.6 Å². The summed E-state index contributed by atoms with van der Waals surface area (Å²) in [5.41, 5.74) is 2.00. The highest BCUT2D eigenvalue weighted by Gasteiger charge is 2.10. The average Bonchev–Trinajstić information content (AvgIpc) is 2.57. The number of hydrogen-bond donors (Lipinski definition) is 1. The molecule has 0 aliphatic carbocycles. The molecule has 1 N–H and O–H groups in total. The van der Waals surface area contributed by atoms with Crippen LogP contribution in [-0.2, 0) is 13.1 Å². The quantitative estimate of drug-likeness (QED) is 0.866. The van der Waals surface area contributed by atoms with Gasteiger partial charge in [-0.3, -0.25) is 0 Å². The highest BCUT2D eigenvalue weighted by Crippen LogP contribution is 2.24. The lowest BCUT2D eigenvalue weighted by molar-refractivity contribution is 0.670. The maximum Gasteiger partial charge on any atom is 0.123 e. The molecular weight excluding hydrogens is 210 g/mol. The van der Waals surface area contributed by atoms with Crippen molar-refractivity contribution >= 4 is 22.6 Å². The van der Waals surface area contributed by atoms with Crippen molar-refractivity contribution in [3.63, 3.8) is 0 Å². The van der Waals surface area contributed by atoms with Crippen LogP contribution in [0.1, 0.15) is 12.7 Å². The monoisotopic (exact) mass is 223 g/mol. The van der Waals surface area contributed by atoms with Crippen molar-refractivity contribution in [1.82, 2.24) is 14.9 Å². The zero-order valence-corrected chi connectivity index (χ0v) is 9.67. The molecule has 4 heteroatoms. The van der Waals surface area contributed by atoms with Crippen LogP contribution in [0.5, 0.6) is 0 Å². The van der Waals surface area contributed by atoms with Gasteiger partial charge < -0.3 is 9.88 Å². The largest absolute Gasteiger partial charge is 0.326 e. The molecule has 0 spiro atoms. The minimum absolute atomic E-state index is 0.763. The third kappa shape index (κ3) is 1.73. The SMILES string of the molecule is CCn1c(CNC)nc2cccc(Cl)c21. The van der Waals surface area contributed by atoms with E-state index >= 15 is 0 Å². The Bertz CT molecular complexity index is 476. The van der Waals surface area contributed by atoms with Gasteiger partial charge in [-0.1, -0.05) is 17.7 Å². The predicted molar refractivity (Wildman–Crippen MR) is 63.2 cm³/mol. The van der Waals surface area contributed by atoms with E-state index in [0.29, 0.717) is 0 Å². The molecule has 0 bridgehead atoms. The molecule has 1 aromatic heterocycles. The summed E-state index contributed by atoms with van der Waals surface area (Å²) in [5.74, 6) is 1.03. The summed E-state index contributed by atoms with van der Waals surface area (Å²) in [7, 11) is 1.92. The molecular formula is C11H14ClN3. The molecule has 2 rings (SSSR count). The average molecular weight is 224 g/mol. The lowest BCUT2D eigenvalue weighted by Gasteiger charge is -2.05. The predicted octanol–water partition coefficient (Wildman–Crippen LogP) is 2.43. The Morgan fingerprint density at radius 2 is 2.27 bits per heavy atom. The van der Waals surface area contributed by atoms with Gasteiger partial charge in [0.1, 0.15) is 5.82 Å². The van der Waals surface area contributed by atoms with Crippen molar-refractivity contribution in [3.05, 3.63) is 29.0 Å². The van der Waals surface area contributed by atoms with Gasteiger partial charge in [0.15, 0.2) is 0 Å². The normalized spacial score (nSPS) is 11.1. The van der Waals surface area contributed by atoms with Crippen molar-refractivity contribution in [3.8, 4) is 0 Å². The van der Waals surface area contributed by atoms with Gasteiger partial charge in [0, 0.05) is 6.54 Å². The van der Waals surface area contributed by atoms with E-state index in [4.69, 9.17) is 11.6 Å². The number of aromatic nitrogens is 2. The summed E-state index contributed by atoms with van der Waals surface area (Å²) in [6.45, 7) is 3.75. The fraction of sp³-hybridized carbons (Fsp3) is 0.364. The van der Waals surface area contributed by atoms with Crippen molar-refractivity contribution in [1.29, 1.82) is 0 Å². The molecule has 0 atom stereocenters. The molecule has 0 unspecified atom stereocenters. The summed E-state index contributed by atoms with van der Waals surface area (Å²) in [4.78, 5) is 4.55. The molecule has 0 aliphatic heterocycles. The van der Waals surface area contributed by atoms with Crippen LogP contribution in [-0.4, -0.2) is 16.6 Å². The van der Waals surface area contributed by atoms with Crippen LogP contribution in [0.2, 0.25) is 5.02 Å². The van der Waals surface area contributed by atoms with Crippen molar-refractivity contribution in [2.24, 2.45) is 0 Å². The molecule has 1 heterocycles. The van der Waals surface area contributed by atoms with E-state index in [-0.39, 0.29) is 0 Å². The number of nitrogens with one attached hydrogen (secondary N) is 1. The summed E-state index contributed by atoms with van der Waals surface area (Å²) < 4.78 is 2.15. The van der Waals surface area contributed by atoms with E-state index in [1.165, 1.54) is 0 Å². The maximum absolute atomic E-state index is 6.17. The number of benzene rings is 1. The third-order valence-corrected chi connectivity index (χ3v) is 2.75.